The molecule has 26 heavy (non-hydrogen) atoms. The van der Waals surface area contributed by atoms with Crippen molar-refractivity contribution in [2.45, 2.75) is 36.3 Å². The molecule has 1 heterocycles. The van der Waals surface area contributed by atoms with Crippen LogP contribution < -0.4 is 0 Å². The van der Waals surface area contributed by atoms with E-state index in [4.69, 9.17) is 4.42 Å². The Morgan fingerprint density at radius 2 is 1.88 bits per heavy atom. The Morgan fingerprint density at radius 3 is 2.65 bits per heavy atom. The fourth-order valence-electron chi connectivity index (χ4n) is 3.12. The first-order valence-corrected chi connectivity index (χ1v) is 9.35. The van der Waals surface area contributed by atoms with Gasteiger partial charge in [0, 0.05) is 22.6 Å². The molecule has 0 unspecified atom stereocenters. The first kappa shape index (κ1) is 16.8. The van der Waals surface area contributed by atoms with Gasteiger partial charge in [-0.05, 0) is 61.6 Å². The van der Waals surface area contributed by atoms with Crippen LogP contribution in [0.5, 0.6) is 0 Å². The summed E-state index contributed by atoms with van der Waals surface area (Å²) in [5.41, 5.74) is 3.61. The Labute approximate surface area is 154 Å². The summed E-state index contributed by atoms with van der Waals surface area (Å²) in [4.78, 5) is 11.5. The van der Waals surface area contributed by atoms with Gasteiger partial charge in [0.25, 0.3) is 5.69 Å². The third-order valence-electron chi connectivity index (χ3n) is 4.50. The van der Waals surface area contributed by atoms with E-state index in [1.54, 1.807) is 23.9 Å². The number of thioether (sulfide) groups is 1. The van der Waals surface area contributed by atoms with Crippen LogP contribution >= 0.6 is 11.8 Å². The van der Waals surface area contributed by atoms with Crippen LogP contribution in [0.15, 0.2) is 51.8 Å². The third kappa shape index (κ3) is 3.35. The van der Waals surface area contributed by atoms with E-state index in [9.17, 15) is 10.1 Å². The van der Waals surface area contributed by atoms with Crippen molar-refractivity contribution in [3.8, 4) is 11.5 Å². The summed E-state index contributed by atoms with van der Waals surface area (Å²) in [7, 11) is 0. The van der Waals surface area contributed by atoms with Gasteiger partial charge < -0.3 is 4.42 Å². The van der Waals surface area contributed by atoms with Gasteiger partial charge in [-0.25, -0.2) is 0 Å². The van der Waals surface area contributed by atoms with Crippen LogP contribution in [0.1, 0.15) is 35.6 Å². The minimum Gasteiger partial charge on any atom is -0.419 e. The number of hydrogen-bond acceptors (Lipinski definition) is 6. The zero-order valence-corrected chi connectivity index (χ0v) is 15.0. The van der Waals surface area contributed by atoms with Gasteiger partial charge >= 0.3 is 0 Å². The van der Waals surface area contributed by atoms with Crippen LogP contribution in [0, 0.1) is 10.1 Å². The molecule has 3 aromatic rings. The predicted molar refractivity (Wildman–Crippen MR) is 99.1 cm³/mol. The summed E-state index contributed by atoms with van der Waals surface area (Å²) < 4.78 is 5.78. The number of aromatic nitrogens is 2. The number of rotatable bonds is 5. The minimum absolute atomic E-state index is 0.0220. The Balaban J connectivity index is 1.49. The normalized spacial score (nSPS) is 14.2. The molecule has 0 N–H and O–H groups in total. The summed E-state index contributed by atoms with van der Waals surface area (Å²) in [6.45, 7) is 2.03. The predicted octanol–water partition coefficient (Wildman–Crippen LogP) is 4.99. The molecule has 1 atom stereocenters. The molecule has 0 radical (unpaired) electrons. The van der Waals surface area contributed by atoms with Gasteiger partial charge in [0.1, 0.15) is 0 Å². The lowest BCUT2D eigenvalue weighted by atomic mass is 10.1. The number of aryl methyl sites for hydroxylation is 2. The highest BCUT2D eigenvalue weighted by Gasteiger charge is 2.18. The maximum atomic E-state index is 10.7. The summed E-state index contributed by atoms with van der Waals surface area (Å²) in [5, 5.41) is 19.0. The van der Waals surface area contributed by atoms with E-state index in [1.165, 1.54) is 41.0 Å². The number of nitro benzene ring substituents is 1. The highest BCUT2D eigenvalue weighted by Crippen LogP contribution is 2.37. The standard InChI is InChI=1S/C19H17N3O3S/c1-12(26-17-10-7-13-3-2-4-15(13)11-17)18-20-21-19(25-18)14-5-8-16(9-6-14)22(23)24/h5-12H,2-4H2,1H3/t12-/m1/s1. The van der Waals surface area contributed by atoms with Crippen LogP contribution in [0.2, 0.25) is 0 Å². The topological polar surface area (TPSA) is 82.1 Å². The van der Waals surface area contributed by atoms with Crippen LogP contribution in [0.25, 0.3) is 11.5 Å². The van der Waals surface area contributed by atoms with Crippen molar-refractivity contribution in [1.82, 2.24) is 10.2 Å². The first-order valence-electron chi connectivity index (χ1n) is 8.47. The Kier molecular flexibility index (Phi) is 4.46. The highest BCUT2D eigenvalue weighted by molar-refractivity contribution is 7.99. The Bertz CT molecular complexity index is 953. The van der Waals surface area contributed by atoms with Crippen molar-refractivity contribution in [1.29, 1.82) is 0 Å². The monoisotopic (exact) mass is 367 g/mol. The molecule has 0 bridgehead atoms. The van der Waals surface area contributed by atoms with E-state index in [2.05, 4.69) is 28.4 Å². The first-order chi connectivity index (χ1) is 12.6. The van der Waals surface area contributed by atoms with E-state index < -0.39 is 4.92 Å². The number of fused-ring (bicyclic) bond motifs is 1. The third-order valence-corrected chi connectivity index (χ3v) is 5.58. The molecule has 0 saturated heterocycles. The van der Waals surface area contributed by atoms with Crippen LogP contribution in [-0.2, 0) is 12.8 Å². The summed E-state index contributed by atoms with van der Waals surface area (Å²) in [6.07, 6.45) is 3.57. The molecule has 1 aromatic heterocycles. The molecule has 0 fully saturated rings. The summed E-state index contributed by atoms with van der Waals surface area (Å²) in [5.74, 6) is 0.917. The molecule has 6 nitrogen and oxygen atoms in total. The van der Waals surface area contributed by atoms with E-state index in [1.807, 2.05) is 6.92 Å². The van der Waals surface area contributed by atoms with Gasteiger partial charge in [-0.3, -0.25) is 10.1 Å². The molecule has 0 saturated carbocycles. The van der Waals surface area contributed by atoms with Gasteiger partial charge in [-0.15, -0.1) is 22.0 Å². The maximum Gasteiger partial charge on any atom is 0.269 e. The van der Waals surface area contributed by atoms with E-state index in [0.717, 1.165) is 6.42 Å². The zero-order chi connectivity index (χ0) is 18.1. The summed E-state index contributed by atoms with van der Waals surface area (Å²) >= 11 is 1.69. The van der Waals surface area contributed by atoms with Gasteiger partial charge in [0.05, 0.1) is 10.2 Å². The Morgan fingerprint density at radius 1 is 1.12 bits per heavy atom. The second kappa shape index (κ2) is 6.92. The largest absolute Gasteiger partial charge is 0.419 e. The van der Waals surface area contributed by atoms with Crippen molar-refractivity contribution < 1.29 is 9.34 Å². The molecule has 2 aromatic carbocycles. The molecule has 4 rings (SSSR count). The van der Waals surface area contributed by atoms with Crippen LogP contribution in [0.4, 0.5) is 5.69 Å². The number of hydrogen-bond donors (Lipinski definition) is 0. The van der Waals surface area contributed by atoms with Crippen LogP contribution in [-0.4, -0.2) is 15.1 Å². The number of benzene rings is 2. The van der Waals surface area contributed by atoms with Crippen molar-refractivity contribution in [3.63, 3.8) is 0 Å². The van der Waals surface area contributed by atoms with Crippen molar-refractivity contribution in [2.24, 2.45) is 0 Å². The fraction of sp³-hybridized carbons (Fsp3) is 0.263. The lowest BCUT2D eigenvalue weighted by Crippen LogP contribution is -1.90. The quantitative estimate of drug-likeness (QED) is 0.359. The molecule has 1 aliphatic carbocycles. The number of nitro groups is 1. The molecule has 0 spiro atoms. The van der Waals surface area contributed by atoms with Gasteiger partial charge in [0.2, 0.25) is 11.8 Å². The maximum absolute atomic E-state index is 10.7. The van der Waals surface area contributed by atoms with E-state index >= 15 is 0 Å². The highest BCUT2D eigenvalue weighted by atomic mass is 32.2. The number of nitrogens with zero attached hydrogens (tertiary/aromatic N) is 3. The van der Waals surface area contributed by atoms with Crippen molar-refractivity contribution in [3.05, 3.63) is 69.6 Å². The van der Waals surface area contributed by atoms with Crippen LogP contribution in [0.3, 0.4) is 0 Å². The lowest BCUT2D eigenvalue weighted by molar-refractivity contribution is -0.384. The van der Waals surface area contributed by atoms with Gasteiger partial charge in [-0.2, -0.15) is 0 Å². The molecule has 132 valence electrons. The second-order valence-electron chi connectivity index (χ2n) is 6.29. The Hall–Kier alpha value is -2.67. The smallest absolute Gasteiger partial charge is 0.269 e. The van der Waals surface area contributed by atoms with Crippen molar-refractivity contribution >= 4 is 17.4 Å². The van der Waals surface area contributed by atoms with Gasteiger partial charge in [0.15, 0.2) is 0 Å². The fourth-order valence-corrected chi connectivity index (χ4v) is 4.08. The molecule has 0 amide bonds. The van der Waals surface area contributed by atoms with Gasteiger partial charge in [-0.1, -0.05) is 6.07 Å². The molecule has 1 aliphatic rings. The van der Waals surface area contributed by atoms with Crippen molar-refractivity contribution in [2.75, 3.05) is 0 Å². The average Bonchev–Trinajstić information content (AvgIpc) is 3.31. The molecular formula is C19H17N3O3S. The number of non-ortho nitro benzene ring substituents is 1. The van der Waals surface area contributed by atoms with E-state index in [-0.39, 0.29) is 10.9 Å². The van der Waals surface area contributed by atoms with E-state index in [0.29, 0.717) is 17.3 Å². The molecule has 7 heteroatoms. The molecular weight excluding hydrogens is 350 g/mol. The summed E-state index contributed by atoms with van der Waals surface area (Å²) in [6, 6.07) is 12.7. The minimum atomic E-state index is -0.432. The average molecular weight is 367 g/mol. The molecule has 0 aliphatic heterocycles. The second-order valence-corrected chi connectivity index (χ2v) is 7.71. The zero-order valence-electron chi connectivity index (χ0n) is 14.2. The SMILES string of the molecule is C[C@@H](Sc1ccc2c(c1)CCC2)c1nnc(-c2ccc([N+](=O)[O-])cc2)o1. The lowest BCUT2D eigenvalue weighted by Gasteiger charge is -2.08.